The molecule has 1 aliphatic carbocycles. The normalized spacial score (nSPS) is 28.1. The number of carboxylic acids is 1. The van der Waals surface area contributed by atoms with Gasteiger partial charge in [0.25, 0.3) is 0 Å². The lowest BCUT2D eigenvalue weighted by Crippen LogP contribution is -2.54. The number of carbonyl (C=O) groups excluding carboxylic acids is 1. The van der Waals surface area contributed by atoms with Crippen LogP contribution in [0.4, 0.5) is 0 Å². The molecule has 1 atom stereocenters. The Morgan fingerprint density at radius 3 is 2.65 bits per heavy atom. The first-order chi connectivity index (χ1) is 8.01. The molecule has 17 heavy (non-hydrogen) atoms. The highest BCUT2D eigenvalue weighted by Gasteiger charge is 2.40. The van der Waals surface area contributed by atoms with Crippen LogP contribution in [0.1, 0.15) is 32.6 Å². The second-order valence-corrected chi connectivity index (χ2v) is 5.39. The molecule has 0 radical (unpaired) electrons. The van der Waals surface area contributed by atoms with Gasteiger partial charge in [-0.3, -0.25) is 9.59 Å². The number of hydrogen-bond donors (Lipinski definition) is 2. The van der Waals surface area contributed by atoms with Gasteiger partial charge >= 0.3 is 5.97 Å². The Bertz CT molecular complexity index is 320. The first kappa shape index (κ1) is 12.4. The van der Waals surface area contributed by atoms with Gasteiger partial charge in [-0.2, -0.15) is 0 Å². The SMILES string of the molecule is CC1(C(=O)N(CC(=O)O)CC2CC2)CCCN1. The highest BCUT2D eigenvalue weighted by atomic mass is 16.4. The molecule has 0 aromatic rings. The van der Waals surface area contributed by atoms with Crippen molar-refractivity contribution in [3.05, 3.63) is 0 Å². The number of aliphatic carboxylic acids is 1. The highest BCUT2D eigenvalue weighted by Crippen LogP contribution is 2.31. The molecule has 1 saturated carbocycles. The fourth-order valence-corrected chi connectivity index (χ4v) is 2.42. The predicted octanol–water partition coefficient (Wildman–Crippen LogP) is 0.452. The van der Waals surface area contributed by atoms with E-state index in [2.05, 4.69) is 5.32 Å². The zero-order chi connectivity index (χ0) is 12.5. The molecule has 5 heteroatoms. The molecule has 96 valence electrons. The predicted molar refractivity (Wildman–Crippen MR) is 62.6 cm³/mol. The molecule has 2 aliphatic rings. The molecule has 1 saturated heterocycles. The second kappa shape index (κ2) is 4.64. The number of rotatable bonds is 5. The maximum Gasteiger partial charge on any atom is 0.323 e. The molecule has 2 N–H and O–H groups in total. The van der Waals surface area contributed by atoms with Crippen LogP contribution in [-0.2, 0) is 9.59 Å². The van der Waals surface area contributed by atoms with Gasteiger partial charge in [-0.05, 0) is 45.1 Å². The van der Waals surface area contributed by atoms with Crippen LogP contribution < -0.4 is 5.32 Å². The Labute approximate surface area is 101 Å². The third-order valence-corrected chi connectivity index (χ3v) is 3.63. The van der Waals surface area contributed by atoms with Crippen molar-refractivity contribution in [2.24, 2.45) is 5.92 Å². The van der Waals surface area contributed by atoms with Crippen molar-refractivity contribution in [3.8, 4) is 0 Å². The van der Waals surface area contributed by atoms with Crippen molar-refractivity contribution < 1.29 is 14.7 Å². The maximum atomic E-state index is 12.4. The largest absolute Gasteiger partial charge is 0.480 e. The molecular formula is C12H20N2O3. The maximum absolute atomic E-state index is 12.4. The first-order valence-electron chi connectivity index (χ1n) is 6.27. The molecule has 1 heterocycles. The van der Waals surface area contributed by atoms with Crippen LogP contribution in [-0.4, -0.2) is 47.1 Å². The van der Waals surface area contributed by atoms with Gasteiger partial charge in [0.15, 0.2) is 0 Å². The number of carboxylic acid groups (broad SMARTS) is 1. The minimum atomic E-state index is -0.930. The summed E-state index contributed by atoms with van der Waals surface area (Å²) in [4.78, 5) is 24.7. The van der Waals surface area contributed by atoms with Crippen LogP contribution in [0.15, 0.2) is 0 Å². The summed E-state index contributed by atoms with van der Waals surface area (Å²) in [5.41, 5.74) is -0.551. The highest BCUT2D eigenvalue weighted by molar-refractivity contribution is 5.89. The van der Waals surface area contributed by atoms with Gasteiger partial charge in [0.2, 0.25) is 5.91 Å². The Morgan fingerprint density at radius 2 is 2.18 bits per heavy atom. The number of hydrogen-bond acceptors (Lipinski definition) is 3. The molecule has 5 nitrogen and oxygen atoms in total. The van der Waals surface area contributed by atoms with E-state index in [9.17, 15) is 9.59 Å². The van der Waals surface area contributed by atoms with Crippen molar-refractivity contribution in [2.75, 3.05) is 19.6 Å². The van der Waals surface area contributed by atoms with Gasteiger partial charge in [0.05, 0.1) is 5.54 Å². The van der Waals surface area contributed by atoms with E-state index in [1.807, 2.05) is 6.92 Å². The monoisotopic (exact) mass is 240 g/mol. The molecule has 0 bridgehead atoms. The van der Waals surface area contributed by atoms with Crippen LogP contribution in [0.5, 0.6) is 0 Å². The summed E-state index contributed by atoms with van der Waals surface area (Å²) in [6, 6.07) is 0. The van der Waals surface area contributed by atoms with Gasteiger partial charge in [-0.15, -0.1) is 0 Å². The number of nitrogens with zero attached hydrogens (tertiary/aromatic N) is 1. The summed E-state index contributed by atoms with van der Waals surface area (Å²) in [7, 11) is 0. The van der Waals surface area contributed by atoms with Crippen molar-refractivity contribution in [1.82, 2.24) is 10.2 Å². The summed E-state index contributed by atoms with van der Waals surface area (Å²) >= 11 is 0. The van der Waals surface area contributed by atoms with E-state index in [0.29, 0.717) is 12.5 Å². The summed E-state index contributed by atoms with van der Waals surface area (Å²) < 4.78 is 0. The van der Waals surface area contributed by atoms with Crippen LogP contribution in [0.2, 0.25) is 0 Å². The number of amides is 1. The van der Waals surface area contributed by atoms with Crippen molar-refractivity contribution in [2.45, 2.75) is 38.1 Å². The van der Waals surface area contributed by atoms with E-state index < -0.39 is 11.5 Å². The fraction of sp³-hybridized carbons (Fsp3) is 0.833. The van der Waals surface area contributed by atoms with Crippen molar-refractivity contribution in [3.63, 3.8) is 0 Å². The lowest BCUT2D eigenvalue weighted by molar-refractivity contribution is -0.147. The summed E-state index contributed by atoms with van der Waals surface area (Å²) in [6.07, 6.45) is 4.01. The fourth-order valence-electron chi connectivity index (χ4n) is 2.42. The zero-order valence-corrected chi connectivity index (χ0v) is 10.2. The van der Waals surface area contributed by atoms with Gasteiger partial charge in [0, 0.05) is 6.54 Å². The zero-order valence-electron chi connectivity index (χ0n) is 10.2. The second-order valence-electron chi connectivity index (χ2n) is 5.39. The third-order valence-electron chi connectivity index (χ3n) is 3.63. The summed E-state index contributed by atoms with van der Waals surface area (Å²) in [5, 5.41) is 12.1. The van der Waals surface area contributed by atoms with Crippen molar-refractivity contribution in [1.29, 1.82) is 0 Å². The van der Waals surface area contributed by atoms with Gasteiger partial charge in [-0.25, -0.2) is 0 Å². The Kier molecular flexibility index (Phi) is 3.38. The van der Waals surface area contributed by atoms with E-state index in [4.69, 9.17) is 5.11 Å². The topological polar surface area (TPSA) is 69.6 Å². The number of carbonyl (C=O) groups is 2. The molecule has 2 rings (SSSR count). The molecular weight excluding hydrogens is 220 g/mol. The van der Waals surface area contributed by atoms with Crippen LogP contribution in [0, 0.1) is 5.92 Å². The average Bonchev–Trinajstić information content (AvgIpc) is 2.96. The molecule has 1 aliphatic heterocycles. The van der Waals surface area contributed by atoms with E-state index in [0.717, 1.165) is 32.2 Å². The molecule has 2 fully saturated rings. The molecule has 1 amide bonds. The Balaban J connectivity index is 2.02. The van der Waals surface area contributed by atoms with Crippen molar-refractivity contribution >= 4 is 11.9 Å². The lowest BCUT2D eigenvalue weighted by atomic mass is 9.98. The average molecular weight is 240 g/mol. The van der Waals surface area contributed by atoms with Gasteiger partial charge < -0.3 is 15.3 Å². The van der Waals surface area contributed by atoms with E-state index in [1.54, 1.807) is 0 Å². The van der Waals surface area contributed by atoms with Crippen LogP contribution in [0.25, 0.3) is 0 Å². The summed E-state index contributed by atoms with van der Waals surface area (Å²) in [5.74, 6) is -0.465. The van der Waals surface area contributed by atoms with Gasteiger partial charge in [0.1, 0.15) is 6.54 Å². The lowest BCUT2D eigenvalue weighted by Gasteiger charge is -2.31. The Morgan fingerprint density at radius 1 is 1.47 bits per heavy atom. The van der Waals surface area contributed by atoms with Crippen LogP contribution in [0.3, 0.4) is 0 Å². The summed E-state index contributed by atoms with van der Waals surface area (Å²) in [6.45, 7) is 3.14. The number of nitrogens with one attached hydrogen (secondary N) is 1. The molecule has 1 unspecified atom stereocenters. The minimum Gasteiger partial charge on any atom is -0.480 e. The van der Waals surface area contributed by atoms with E-state index >= 15 is 0 Å². The van der Waals surface area contributed by atoms with Gasteiger partial charge in [-0.1, -0.05) is 0 Å². The van der Waals surface area contributed by atoms with E-state index in [1.165, 1.54) is 4.90 Å². The minimum absolute atomic E-state index is 0.0516. The van der Waals surface area contributed by atoms with E-state index in [-0.39, 0.29) is 12.5 Å². The quantitative estimate of drug-likeness (QED) is 0.732. The molecule has 0 aromatic heterocycles. The smallest absolute Gasteiger partial charge is 0.323 e. The van der Waals surface area contributed by atoms with Crippen LogP contribution >= 0.6 is 0 Å². The standard InChI is InChI=1S/C12H20N2O3/c1-12(5-2-6-13-12)11(17)14(8-10(15)16)7-9-3-4-9/h9,13H,2-8H2,1H3,(H,15,16). The molecule has 0 aromatic carbocycles. The third kappa shape index (κ3) is 2.97. The molecule has 0 spiro atoms. The first-order valence-corrected chi connectivity index (χ1v) is 6.27. The Hall–Kier alpha value is -1.10.